The maximum Gasteiger partial charge on any atom is 0.148 e. The van der Waals surface area contributed by atoms with Gasteiger partial charge in [-0.3, -0.25) is 0 Å². The molecule has 1 N–H and O–H groups in total. The van der Waals surface area contributed by atoms with Crippen molar-refractivity contribution in [3.63, 3.8) is 0 Å². The number of halogens is 2. The molecule has 0 fully saturated rings. The Morgan fingerprint density at radius 2 is 2.15 bits per heavy atom. The topological polar surface area (TPSA) is 48.7 Å². The summed E-state index contributed by atoms with van der Waals surface area (Å²) in [5.74, 6) is 0.603. The first-order chi connectivity index (χ1) is 9.67. The van der Waals surface area contributed by atoms with Crippen molar-refractivity contribution in [2.24, 2.45) is 0 Å². The van der Waals surface area contributed by atoms with Crippen molar-refractivity contribution in [3.05, 3.63) is 50.6 Å². The monoisotopic (exact) mass is 347 g/mol. The van der Waals surface area contributed by atoms with E-state index >= 15 is 0 Å². The Morgan fingerprint density at radius 3 is 2.90 bits per heavy atom. The number of nitriles is 1. The molecule has 1 heterocycles. The fourth-order valence-corrected chi connectivity index (χ4v) is 2.79. The van der Waals surface area contributed by atoms with Crippen LogP contribution < -0.4 is 5.32 Å². The highest BCUT2D eigenvalue weighted by molar-refractivity contribution is 9.10. The molecule has 100 valence electrons. The zero-order valence-electron chi connectivity index (χ0n) is 10.6. The second-order valence-corrected chi connectivity index (χ2v) is 5.97. The molecular formula is C15H11BrClN3. The van der Waals surface area contributed by atoms with E-state index in [9.17, 15) is 5.26 Å². The molecule has 5 heteroatoms. The molecule has 0 saturated heterocycles. The van der Waals surface area contributed by atoms with Crippen LogP contribution in [0.25, 0.3) is 0 Å². The Morgan fingerprint density at radius 1 is 1.30 bits per heavy atom. The predicted molar refractivity (Wildman–Crippen MR) is 83.4 cm³/mol. The third kappa shape index (κ3) is 2.52. The Labute approximate surface area is 130 Å². The molecule has 0 radical (unpaired) electrons. The number of aromatic nitrogens is 1. The summed E-state index contributed by atoms with van der Waals surface area (Å²) >= 11 is 9.43. The van der Waals surface area contributed by atoms with Gasteiger partial charge in [0, 0.05) is 15.9 Å². The van der Waals surface area contributed by atoms with Crippen LogP contribution >= 0.6 is 27.5 Å². The van der Waals surface area contributed by atoms with Crippen LogP contribution in [0.4, 0.5) is 11.5 Å². The summed E-state index contributed by atoms with van der Waals surface area (Å²) in [5, 5.41) is 13.1. The summed E-state index contributed by atoms with van der Waals surface area (Å²) in [5.41, 5.74) is 3.68. The number of nitrogens with zero attached hydrogens (tertiary/aromatic N) is 2. The van der Waals surface area contributed by atoms with E-state index in [0.717, 1.165) is 35.1 Å². The summed E-state index contributed by atoms with van der Waals surface area (Å²) in [6.07, 6.45) is 3.11. The van der Waals surface area contributed by atoms with Gasteiger partial charge in [-0.05, 0) is 65.0 Å². The molecule has 1 aromatic heterocycles. The van der Waals surface area contributed by atoms with E-state index in [1.54, 1.807) is 0 Å². The van der Waals surface area contributed by atoms with E-state index < -0.39 is 0 Å². The van der Waals surface area contributed by atoms with Gasteiger partial charge in [0.05, 0.1) is 10.6 Å². The molecule has 0 spiro atoms. The number of rotatable bonds is 2. The number of hydrogen-bond donors (Lipinski definition) is 1. The van der Waals surface area contributed by atoms with Gasteiger partial charge in [-0.1, -0.05) is 11.6 Å². The minimum atomic E-state index is 0.574. The Hall–Kier alpha value is -1.57. The van der Waals surface area contributed by atoms with Crippen LogP contribution in [0.5, 0.6) is 0 Å². The lowest BCUT2D eigenvalue weighted by atomic mass is 10.1. The molecule has 0 saturated carbocycles. The van der Waals surface area contributed by atoms with Gasteiger partial charge in [0.1, 0.15) is 11.9 Å². The number of aryl methyl sites for hydroxylation is 2. The van der Waals surface area contributed by atoms with Crippen LogP contribution in [0.3, 0.4) is 0 Å². The lowest BCUT2D eigenvalue weighted by Gasteiger charge is -2.10. The van der Waals surface area contributed by atoms with Gasteiger partial charge >= 0.3 is 0 Å². The molecule has 3 rings (SSSR count). The number of pyridine rings is 1. The second-order valence-electron chi connectivity index (χ2n) is 4.71. The SMILES string of the molecule is N#Cc1cc2c(nc1Nc1ccc(Br)c(Cl)c1)CCC2. The number of fused-ring (bicyclic) bond motifs is 1. The van der Waals surface area contributed by atoms with Crippen molar-refractivity contribution < 1.29 is 0 Å². The van der Waals surface area contributed by atoms with Crippen molar-refractivity contribution in [1.29, 1.82) is 5.26 Å². The lowest BCUT2D eigenvalue weighted by molar-refractivity contribution is 0.900. The first-order valence-corrected chi connectivity index (χ1v) is 7.49. The van der Waals surface area contributed by atoms with Crippen LogP contribution in [0.15, 0.2) is 28.7 Å². The van der Waals surface area contributed by atoms with Gasteiger partial charge in [0.25, 0.3) is 0 Å². The van der Waals surface area contributed by atoms with E-state index in [0.29, 0.717) is 16.4 Å². The summed E-state index contributed by atoms with van der Waals surface area (Å²) in [4.78, 5) is 4.58. The highest BCUT2D eigenvalue weighted by Gasteiger charge is 2.16. The smallest absolute Gasteiger partial charge is 0.148 e. The highest BCUT2D eigenvalue weighted by Crippen LogP contribution is 2.30. The van der Waals surface area contributed by atoms with E-state index in [4.69, 9.17) is 11.6 Å². The molecule has 1 aliphatic carbocycles. The molecule has 1 aromatic carbocycles. The van der Waals surface area contributed by atoms with Crippen LogP contribution in [-0.2, 0) is 12.8 Å². The van der Waals surface area contributed by atoms with Crippen molar-refractivity contribution in [2.45, 2.75) is 19.3 Å². The van der Waals surface area contributed by atoms with Crippen LogP contribution in [0.1, 0.15) is 23.2 Å². The molecule has 0 amide bonds. The van der Waals surface area contributed by atoms with Crippen LogP contribution in [0.2, 0.25) is 5.02 Å². The van der Waals surface area contributed by atoms with Crippen LogP contribution in [0, 0.1) is 11.3 Å². The van der Waals surface area contributed by atoms with Crippen molar-refractivity contribution in [3.8, 4) is 6.07 Å². The Bertz CT molecular complexity index is 722. The van der Waals surface area contributed by atoms with Crippen molar-refractivity contribution >= 4 is 39.0 Å². The molecular weight excluding hydrogens is 338 g/mol. The lowest BCUT2D eigenvalue weighted by Crippen LogP contribution is -2.00. The van der Waals surface area contributed by atoms with E-state index in [1.807, 2.05) is 24.3 Å². The maximum absolute atomic E-state index is 9.26. The first kappa shape index (κ1) is 13.4. The summed E-state index contributed by atoms with van der Waals surface area (Å²) in [6, 6.07) is 9.71. The zero-order valence-corrected chi connectivity index (χ0v) is 12.9. The molecule has 0 atom stereocenters. The fourth-order valence-electron chi connectivity index (χ4n) is 2.36. The molecule has 20 heavy (non-hydrogen) atoms. The van der Waals surface area contributed by atoms with Crippen molar-refractivity contribution in [2.75, 3.05) is 5.32 Å². The molecule has 1 aliphatic rings. The molecule has 0 unspecified atom stereocenters. The summed E-state index contributed by atoms with van der Waals surface area (Å²) in [6.45, 7) is 0. The highest BCUT2D eigenvalue weighted by atomic mass is 79.9. The van der Waals surface area contributed by atoms with Crippen LogP contribution in [-0.4, -0.2) is 4.98 Å². The third-order valence-corrected chi connectivity index (χ3v) is 4.59. The van der Waals surface area contributed by atoms with Gasteiger partial charge in [0.15, 0.2) is 0 Å². The maximum atomic E-state index is 9.26. The Kier molecular flexibility index (Phi) is 3.64. The van der Waals surface area contributed by atoms with Gasteiger partial charge in [-0.2, -0.15) is 5.26 Å². The third-order valence-electron chi connectivity index (χ3n) is 3.35. The summed E-state index contributed by atoms with van der Waals surface area (Å²) < 4.78 is 0.840. The second kappa shape index (κ2) is 5.43. The standard InChI is InChI=1S/C15H11BrClN3/c16-12-5-4-11(7-13(12)17)19-15-10(8-18)6-9-2-1-3-14(9)20-15/h4-7H,1-3H2,(H,19,20). The van der Waals surface area contributed by atoms with Crippen molar-refractivity contribution in [1.82, 2.24) is 4.98 Å². The number of benzene rings is 1. The van der Waals surface area contributed by atoms with E-state index in [2.05, 4.69) is 32.3 Å². The molecule has 2 aromatic rings. The number of nitrogens with one attached hydrogen (secondary N) is 1. The minimum Gasteiger partial charge on any atom is -0.339 e. The quantitative estimate of drug-likeness (QED) is 0.862. The number of anilines is 2. The Balaban J connectivity index is 1.98. The zero-order chi connectivity index (χ0) is 14.1. The largest absolute Gasteiger partial charge is 0.339 e. The van der Waals surface area contributed by atoms with E-state index in [-0.39, 0.29) is 0 Å². The van der Waals surface area contributed by atoms with Gasteiger partial charge in [-0.15, -0.1) is 0 Å². The van der Waals surface area contributed by atoms with Gasteiger partial charge in [0.2, 0.25) is 0 Å². The summed E-state index contributed by atoms with van der Waals surface area (Å²) in [7, 11) is 0. The van der Waals surface area contributed by atoms with E-state index in [1.165, 1.54) is 5.56 Å². The van der Waals surface area contributed by atoms with Gasteiger partial charge in [-0.25, -0.2) is 4.98 Å². The molecule has 3 nitrogen and oxygen atoms in total. The average Bonchev–Trinajstić information content (AvgIpc) is 2.89. The first-order valence-electron chi connectivity index (χ1n) is 6.32. The average molecular weight is 349 g/mol. The predicted octanol–water partition coefficient (Wildman–Crippen LogP) is 4.60. The minimum absolute atomic E-state index is 0.574. The van der Waals surface area contributed by atoms with Gasteiger partial charge < -0.3 is 5.32 Å². The fraction of sp³-hybridized carbons (Fsp3) is 0.200. The molecule has 0 bridgehead atoms. The number of hydrogen-bond acceptors (Lipinski definition) is 3. The molecule has 0 aliphatic heterocycles. The normalized spacial score (nSPS) is 12.8.